The second-order valence-corrected chi connectivity index (χ2v) is 2.80. The second-order valence-electron chi connectivity index (χ2n) is 2.80. The first kappa shape index (κ1) is 9.38. The number of carbonyl (C=O) groups is 1. The Kier molecular flexibility index (Phi) is 2.41. The Balaban J connectivity index is 3.12. The van der Waals surface area contributed by atoms with E-state index in [-0.39, 0.29) is 11.5 Å². The van der Waals surface area contributed by atoms with Gasteiger partial charge in [0, 0.05) is 0 Å². The minimum Gasteiger partial charge on any atom is -0.504 e. The van der Waals surface area contributed by atoms with E-state index in [1.165, 1.54) is 6.07 Å². The highest BCUT2D eigenvalue weighted by Crippen LogP contribution is 2.30. The highest BCUT2D eigenvalue weighted by atomic mass is 16.7. The van der Waals surface area contributed by atoms with Crippen molar-refractivity contribution in [2.75, 3.05) is 0 Å². The largest absolute Gasteiger partial charge is 0.511 e. The summed E-state index contributed by atoms with van der Waals surface area (Å²) >= 11 is 0. The molecule has 1 rings (SSSR count). The van der Waals surface area contributed by atoms with Crippen LogP contribution >= 0.6 is 0 Å². The van der Waals surface area contributed by atoms with Crippen molar-refractivity contribution < 1.29 is 19.7 Å². The molecule has 0 unspecified atom stereocenters. The highest BCUT2D eigenvalue weighted by molar-refractivity contribution is 5.64. The lowest BCUT2D eigenvalue weighted by atomic mass is 10.1. The molecule has 70 valence electrons. The van der Waals surface area contributed by atoms with Crippen molar-refractivity contribution in [1.29, 1.82) is 0 Å². The monoisotopic (exact) mass is 182 g/mol. The third-order valence-corrected chi connectivity index (χ3v) is 1.61. The van der Waals surface area contributed by atoms with Crippen LogP contribution in [0.1, 0.15) is 11.1 Å². The lowest BCUT2D eigenvalue weighted by molar-refractivity contribution is 0.143. The molecule has 0 aromatic heterocycles. The quantitative estimate of drug-likeness (QED) is 0.515. The minimum absolute atomic E-state index is 0.0231. The van der Waals surface area contributed by atoms with Gasteiger partial charge in [0.05, 0.1) is 0 Å². The molecule has 1 aromatic rings. The van der Waals surface area contributed by atoms with Crippen LogP contribution in [0.15, 0.2) is 12.1 Å². The molecule has 0 heterocycles. The number of rotatable bonds is 1. The number of phenolic OH excluding ortho intramolecular Hbond substituents is 1. The lowest BCUT2D eigenvalue weighted by Gasteiger charge is -2.06. The van der Waals surface area contributed by atoms with Gasteiger partial charge >= 0.3 is 6.16 Å². The normalized spacial score (nSPS) is 9.69. The molecular weight excluding hydrogens is 172 g/mol. The molecule has 0 atom stereocenters. The molecule has 0 fully saturated rings. The number of aromatic hydroxyl groups is 1. The second kappa shape index (κ2) is 3.35. The predicted molar refractivity (Wildman–Crippen MR) is 46.2 cm³/mol. The Morgan fingerprint density at radius 1 is 1.38 bits per heavy atom. The molecule has 0 aliphatic rings. The summed E-state index contributed by atoms with van der Waals surface area (Å²) in [5.74, 6) is -0.155. The fraction of sp³-hybridized carbons (Fsp3) is 0.222. The van der Waals surface area contributed by atoms with Crippen molar-refractivity contribution in [1.82, 2.24) is 0 Å². The molecule has 13 heavy (non-hydrogen) atoms. The molecule has 0 saturated carbocycles. The van der Waals surface area contributed by atoms with Crippen LogP contribution in [0.4, 0.5) is 4.79 Å². The molecule has 0 amide bonds. The van der Waals surface area contributed by atoms with Crippen LogP contribution in [0, 0.1) is 13.8 Å². The van der Waals surface area contributed by atoms with Crippen molar-refractivity contribution in [3.8, 4) is 11.5 Å². The minimum atomic E-state index is -1.43. The number of benzene rings is 1. The van der Waals surface area contributed by atoms with Gasteiger partial charge in [0.1, 0.15) is 0 Å². The number of hydrogen-bond acceptors (Lipinski definition) is 3. The summed E-state index contributed by atoms with van der Waals surface area (Å²) in [4.78, 5) is 10.2. The first-order valence-corrected chi connectivity index (χ1v) is 3.71. The van der Waals surface area contributed by atoms with Gasteiger partial charge in [-0.05, 0) is 31.0 Å². The zero-order valence-corrected chi connectivity index (χ0v) is 7.37. The molecular formula is C9H10O4. The summed E-state index contributed by atoms with van der Waals surface area (Å²) < 4.78 is 4.37. The van der Waals surface area contributed by atoms with Gasteiger partial charge < -0.3 is 14.9 Å². The van der Waals surface area contributed by atoms with E-state index in [1.54, 1.807) is 19.9 Å². The molecule has 0 aliphatic carbocycles. The molecule has 0 saturated heterocycles. The van der Waals surface area contributed by atoms with Crippen LogP contribution in [0.5, 0.6) is 11.5 Å². The van der Waals surface area contributed by atoms with Crippen LogP contribution in [0.25, 0.3) is 0 Å². The third kappa shape index (κ3) is 2.11. The van der Waals surface area contributed by atoms with E-state index in [0.717, 1.165) is 5.56 Å². The molecule has 4 heteroatoms. The van der Waals surface area contributed by atoms with Crippen LogP contribution in [0.2, 0.25) is 0 Å². The first-order valence-electron chi connectivity index (χ1n) is 3.71. The first-order chi connectivity index (χ1) is 6.00. The fourth-order valence-corrected chi connectivity index (χ4v) is 1.09. The van der Waals surface area contributed by atoms with E-state index in [2.05, 4.69) is 4.74 Å². The van der Waals surface area contributed by atoms with E-state index in [0.29, 0.717) is 5.56 Å². The van der Waals surface area contributed by atoms with Gasteiger partial charge in [-0.15, -0.1) is 0 Å². The van der Waals surface area contributed by atoms with Gasteiger partial charge in [-0.3, -0.25) is 0 Å². The zero-order chi connectivity index (χ0) is 10.0. The van der Waals surface area contributed by atoms with E-state index in [4.69, 9.17) is 5.11 Å². The predicted octanol–water partition coefficient (Wildman–Crippen LogP) is 2.07. The topological polar surface area (TPSA) is 66.8 Å². The number of phenols is 1. The summed E-state index contributed by atoms with van der Waals surface area (Å²) in [7, 11) is 0. The fourth-order valence-electron chi connectivity index (χ4n) is 1.09. The Labute approximate surface area is 75.4 Å². The Hall–Kier alpha value is -1.71. The van der Waals surface area contributed by atoms with E-state index < -0.39 is 6.16 Å². The molecule has 0 aliphatic heterocycles. The maximum atomic E-state index is 10.2. The SMILES string of the molecule is Cc1cc(C)c(O)c(OC(=O)O)c1. The van der Waals surface area contributed by atoms with Crippen molar-refractivity contribution in [2.45, 2.75) is 13.8 Å². The smallest absolute Gasteiger partial charge is 0.504 e. The number of hydrogen-bond donors (Lipinski definition) is 2. The molecule has 2 N–H and O–H groups in total. The Bertz CT molecular complexity index is 344. The summed E-state index contributed by atoms with van der Waals surface area (Å²) in [6.07, 6.45) is -1.43. The molecule has 0 radical (unpaired) electrons. The van der Waals surface area contributed by atoms with Crippen molar-refractivity contribution in [3.63, 3.8) is 0 Å². The summed E-state index contributed by atoms with van der Waals surface area (Å²) in [5.41, 5.74) is 1.43. The van der Waals surface area contributed by atoms with Crippen LogP contribution in [-0.4, -0.2) is 16.4 Å². The van der Waals surface area contributed by atoms with Gasteiger partial charge in [0.15, 0.2) is 11.5 Å². The average molecular weight is 182 g/mol. The molecule has 1 aromatic carbocycles. The van der Waals surface area contributed by atoms with Gasteiger partial charge in [0.25, 0.3) is 0 Å². The standard InChI is InChI=1S/C9H10O4/c1-5-3-6(2)8(10)7(4-5)13-9(11)12/h3-4,10H,1-2H3,(H,11,12). The maximum Gasteiger partial charge on any atom is 0.511 e. The molecule has 0 spiro atoms. The van der Waals surface area contributed by atoms with E-state index >= 15 is 0 Å². The Morgan fingerprint density at radius 3 is 2.54 bits per heavy atom. The highest BCUT2D eigenvalue weighted by Gasteiger charge is 2.09. The van der Waals surface area contributed by atoms with Gasteiger partial charge in [-0.2, -0.15) is 0 Å². The van der Waals surface area contributed by atoms with E-state index in [9.17, 15) is 9.90 Å². The zero-order valence-electron chi connectivity index (χ0n) is 7.37. The summed E-state index contributed by atoms with van der Waals surface area (Å²) in [6.45, 7) is 3.47. The maximum absolute atomic E-state index is 10.2. The Morgan fingerprint density at radius 2 is 2.00 bits per heavy atom. The third-order valence-electron chi connectivity index (χ3n) is 1.61. The van der Waals surface area contributed by atoms with Crippen LogP contribution in [0.3, 0.4) is 0 Å². The summed E-state index contributed by atoms with van der Waals surface area (Å²) in [6, 6.07) is 3.21. The molecule has 4 nitrogen and oxygen atoms in total. The number of carboxylic acid groups (broad SMARTS) is 1. The van der Waals surface area contributed by atoms with Crippen LogP contribution in [-0.2, 0) is 0 Å². The van der Waals surface area contributed by atoms with Crippen molar-refractivity contribution in [2.24, 2.45) is 0 Å². The van der Waals surface area contributed by atoms with Gasteiger partial charge in [-0.25, -0.2) is 4.79 Å². The van der Waals surface area contributed by atoms with Gasteiger partial charge in [-0.1, -0.05) is 6.07 Å². The van der Waals surface area contributed by atoms with Crippen molar-refractivity contribution in [3.05, 3.63) is 23.3 Å². The molecule has 0 bridgehead atoms. The number of aryl methyl sites for hydroxylation is 2. The van der Waals surface area contributed by atoms with E-state index in [1.807, 2.05) is 0 Å². The van der Waals surface area contributed by atoms with Gasteiger partial charge in [0.2, 0.25) is 0 Å². The lowest BCUT2D eigenvalue weighted by Crippen LogP contribution is -2.03. The average Bonchev–Trinajstić information content (AvgIpc) is 1.98. The summed E-state index contributed by atoms with van der Waals surface area (Å²) in [5, 5.41) is 17.7. The number of ether oxygens (including phenoxy) is 1. The van der Waals surface area contributed by atoms with Crippen LogP contribution < -0.4 is 4.74 Å². The van der Waals surface area contributed by atoms with Crippen molar-refractivity contribution >= 4 is 6.16 Å².